The van der Waals surface area contributed by atoms with Crippen molar-refractivity contribution >= 4 is 11.9 Å². The molecule has 0 N–H and O–H groups in total. The van der Waals surface area contributed by atoms with E-state index in [0.29, 0.717) is 36.3 Å². The highest BCUT2D eigenvalue weighted by atomic mass is 16.5. The van der Waals surface area contributed by atoms with Gasteiger partial charge in [0.15, 0.2) is 5.82 Å². The van der Waals surface area contributed by atoms with Gasteiger partial charge in [0.2, 0.25) is 11.8 Å². The molecule has 2 fully saturated rings. The van der Waals surface area contributed by atoms with Gasteiger partial charge in [-0.25, -0.2) is 9.97 Å². The van der Waals surface area contributed by atoms with Crippen molar-refractivity contribution in [2.75, 3.05) is 31.6 Å². The number of anilines is 1. The molecule has 2 bridgehead atoms. The number of aryl methyl sites for hydroxylation is 2. The van der Waals surface area contributed by atoms with Crippen LogP contribution in [0.1, 0.15) is 28.2 Å². The van der Waals surface area contributed by atoms with Gasteiger partial charge in [-0.2, -0.15) is 15.2 Å². The van der Waals surface area contributed by atoms with Gasteiger partial charge in [-0.15, -0.1) is 4.80 Å². The molecule has 3 aromatic heterocycles. The first-order valence-electron chi connectivity index (χ1n) is 10.3. The molecule has 0 aliphatic carbocycles. The molecule has 10 nitrogen and oxygen atoms in total. The first-order valence-corrected chi connectivity index (χ1v) is 10.3. The van der Waals surface area contributed by atoms with Crippen LogP contribution in [0.15, 0.2) is 30.6 Å². The molecule has 2 saturated heterocycles. The minimum Gasteiger partial charge on any atom is -0.481 e. The van der Waals surface area contributed by atoms with Crippen molar-refractivity contribution in [2.24, 2.45) is 5.92 Å². The second-order valence-electron chi connectivity index (χ2n) is 8.11. The second kappa shape index (κ2) is 7.60. The number of nitrogens with zero attached hydrogens (tertiary/aromatic N) is 8. The number of pyridine rings is 1. The Kier molecular flexibility index (Phi) is 4.76. The number of carbonyl (C=O) groups excluding carboxylic acids is 1. The lowest BCUT2D eigenvalue weighted by atomic mass is 9.99. The molecule has 3 aromatic rings. The van der Waals surface area contributed by atoms with Crippen LogP contribution in [0.2, 0.25) is 0 Å². The fourth-order valence-electron chi connectivity index (χ4n) is 4.57. The summed E-state index contributed by atoms with van der Waals surface area (Å²) in [6.45, 7) is 6.12. The zero-order valence-corrected chi connectivity index (χ0v) is 17.8. The van der Waals surface area contributed by atoms with E-state index in [2.05, 4.69) is 30.0 Å². The summed E-state index contributed by atoms with van der Waals surface area (Å²) in [5, 5.41) is 8.31. The fraction of sp³-hybridized carbons (Fsp3) is 0.429. The molecule has 2 aliphatic heterocycles. The van der Waals surface area contributed by atoms with Gasteiger partial charge in [-0.05, 0) is 38.3 Å². The number of amides is 1. The van der Waals surface area contributed by atoms with Crippen molar-refractivity contribution in [3.05, 3.63) is 47.5 Å². The van der Waals surface area contributed by atoms with Gasteiger partial charge in [0, 0.05) is 43.1 Å². The van der Waals surface area contributed by atoms with Crippen molar-refractivity contribution in [1.29, 1.82) is 0 Å². The van der Waals surface area contributed by atoms with Gasteiger partial charge < -0.3 is 14.5 Å². The van der Waals surface area contributed by atoms with E-state index in [1.54, 1.807) is 24.5 Å². The molecule has 2 atom stereocenters. The highest BCUT2D eigenvalue weighted by Crippen LogP contribution is 2.33. The third-order valence-electron chi connectivity index (χ3n) is 5.82. The quantitative estimate of drug-likeness (QED) is 0.625. The summed E-state index contributed by atoms with van der Waals surface area (Å²) in [4.78, 5) is 32.7. The number of hydrogen-bond acceptors (Lipinski definition) is 8. The summed E-state index contributed by atoms with van der Waals surface area (Å²) in [6, 6.07) is 5.59. The molecule has 5 rings (SSSR count). The lowest BCUT2D eigenvalue weighted by molar-refractivity contribution is 0.0693. The number of aromatic nitrogens is 6. The van der Waals surface area contributed by atoms with E-state index in [9.17, 15) is 4.79 Å². The lowest BCUT2D eigenvalue weighted by Crippen LogP contribution is -2.46. The summed E-state index contributed by atoms with van der Waals surface area (Å²) >= 11 is 0. The van der Waals surface area contributed by atoms with Crippen molar-refractivity contribution < 1.29 is 9.53 Å². The summed E-state index contributed by atoms with van der Waals surface area (Å²) in [6.07, 6.45) is 4.14. The van der Waals surface area contributed by atoms with Gasteiger partial charge >= 0.3 is 0 Å². The summed E-state index contributed by atoms with van der Waals surface area (Å²) in [7, 11) is 1.54. The van der Waals surface area contributed by atoms with E-state index in [-0.39, 0.29) is 11.9 Å². The average Bonchev–Trinajstić information content (AvgIpc) is 3.40. The average molecular weight is 420 g/mol. The van der Waals surface area contributed by atoms with Gasteiger partial charge in [-0.1, -0.05) is 0 Å². The Labute approximate surface area is 179 Å². The Morgan fingerprint density at radius 1 is 1.03 bits per heavy atom. The first kappa shape index (κ1) is 19.4. The number of carbonyl (C=O) groups is 1. The maximum absolute atomic E-state index is 13.5. The van der Waals surface area contributed by atoms with Crippen molar-refractivity contribution in [1.82, 2.24) is 34.8 Å². The van der Waals surface area contributed by atoms with E-state index in [0.717, 1.165) is 30.3 Å². The summed E-state index contributed by atoms with van der Waals surface area (Å²) in [5.74, 6) is 1.82. The van der Waals surface area contributed by atoms with Crippen LogP contribution in [0.25, 0.3) is 5.82 Å². The molecule has 0 aromatic carbocycles. The number of hydrogen-bond donors (Lipinski definition) is 0. The maximum atomic E-state index is 13.5. The van der Waals surface area contributed by atoms with Crippen LogP contribution < -0.4 is 9.64 Å². The zero-order chi connectivity index (χ0) is 21.5. The van der Waals surface area contributed by atoms with E-state index >= 15 is 0 Å². The lowest BCUT2D eigenvalue weighted by Gasteiger charge is -2.33. The van der Waals surface area contributed by atoms with Crippen molar-refractivity contribution in [3.8, 4) is 11.7 Å². The van der Waals surface area contributed by atoms with Gasteiger partial charge in [0.05, 0.1) is 25.1 Å². The minimum atomic E-state index is -0.0830. The number of methoxy groups -OCH3 is 1. The molecule has 0 saturated carbocycles. The largest absolute Gasteiger partial charge is 0.481 e. The highest BCUT2D eigenvalue weighted by Gasteiger charge is 2.42. The smallest absolute Gasteiger partial charge is 0.257 e. The molecule has 10 heteroatoms. The van der Waals surface area contributed by atoms with Crippen LogP contribution >= 0.6 is 0 Å². The topological polar surface area (TPSA) is 102 Å². The van der Waals surface area contributed by atoms with E-state index in [1.165, 1.54) is 11.9 Å². The predicted octanol–water partition coefficient (Wildman–Crippen LogP) is 1.43. The molecular weight excluding hydrogens is 396 g/mol. The molecule has 31 heavy (non-hydrogen) atoms. The number of fused-ring (bicyclic) bond motifs is 2. The predicted molar refractivity (Wildman–Crippen MR) is 112 cm³/mol. The van der Waals surface area contributed by atoms with Crippen LogP contribution in [0, 0.1) is 19.8 Å². The Hall–Kier alpha value is -3.56. The molecule has 2 aliphatic rings. The third kappa shape index (κ3) is 3.58. The zero-order valence-electron chi connectivity index (χ0n) is 17.8. The number of likely N-dealkylation sites (tertiary alicyclic amines) is 1. The maximum Gasteiger partial charge on any atom is 0.257 e. The Bertz CT molecular complexity index is 1100. The van der Waals surface area contributed by atoms with Crippen LogP contribution in [0.3, 0.4) is 0 Å². The standard InChI is InChI=1S/C21H24N8O2/c1-13-8-14(2)25-21(24-13)28-11-15-9-16(28)12-27(10-15)20(30)17-4-5-18(31-3)26-19(17)29-22-6-7-23-29/h4-8,15-16H,9-12H2,1-3H3. The molecule has 0 radical (unpaired) electrons. The number of rotatable bonds is 4. The molecule has 0 spiro atoms. The molecule has 1 amide bonds. The summed E-state index contributed by atoms with van der Waals surface area (Å²) in [5.41, 5.74) is 2.36. The van der Waals surface area contributed by atoms with Crippen LogP contribution in [0.4, 0.5) is 5.95 Å². The fourth-order valence-corrected chi connectivity index (χ4v) is 4.57. The minimum absolute atomic E-state index is 0.0830. The van der Waals surface area contributed by atoms with Gasteiger partial charge in [0.1, 0.15) is 0 Å². The van der Waals surface area contributed by atoms with Gasteiger partial charge in [0.25, 0.3) is 5.91 Å². The SMILES string of the molecule is COc1ccc(C(=O)N2CC3CC(C2)N(c2nc(C)cc(C)n2)C3)c(-n2nccn2)n1. The third-order valence-corrected chi connectivity index (χ3v) is 5.82. The van der Waals surface area contributed by atoms with E-state index in [4.69, 9.17) is 4.74 Å². The van der Waals surface area contributed by atoms with Crippen molar-refractivity contribution in [2.45, 2.75) is 26.3 Å². The van der Waals surface area contributed by atoms with Crippen LogP contribution in [0.5, 0.6) is 5.88 Å². The van der Waals surface area contributed by atoms with Crippen LogP contribution in [-0.4, -0.2) is 73.5 Å². The Balaban J connectivity index is 1.42. The normalized spacial score (nSPS) is 20.2. The van der Waals surface area contributed by atoms with E-state index in [1.807, 2.05) is 24.8 Å². The van der Waals surface area contributed by atoms with E-state index < -0.39 is 0 Å². The van der Waals surface area contributed by atoms with Gasteiger partial charge in [-0.3, -0.25) is 4.79 Å². The van der Waals surface area contributed by atoms with Crippen LogP contribution in [-0.2, 0) is 0 Å². The Morgan fingerprint density at radius 2 is 1.77 bits per heavy atom. The number of piperidine rings is 1. The molecule has 2 unspecified atom stereocenters. The van der Waals surface area contributed by atoms with Crippen molar-refractivity contribution in [3.63, 3.8) is 0 Å². The Morgan fingerprint density at radius 3 is 2.48 bits per heavy atom. The molecule has 5 heterocycles. The molecular formula is C21H24N8O2. The first-order chi connectivity index (χ1) is 15.0. The highest BCUT2D eigenvalue weighted by molar-refractivity contribution is 5.97. The second-order valence-corrected chi connectivity index (χ2v) is 8.11. The number of ether oxygens (including phenoxy) is 1. The monoisotopic (exact) mass is 420 g/mol. The molecule has 160 valence electrons. The summed E-state index contributed by atoms with van der Waals surface area (Å²) < 4.78 is 5.23.